The van der Waals surface area contributed by atoms with Crippen molar-refractivity contribution < 1.29 is 0 Å². The molecule has 0 saturated carbocycles. The molecule has 1 aromatic rings. The number of nitrogens with zero attached hydrogens (tertiary/aromatic N) is 2. The quantitative estimate of drug-likeness (QED) is 0.675. The van der Waals surface area contributed by atoms with E-state index in [-0.39, 0.29) is 0 Å². The van der Waals surface area contributed by atoms with Crippen molar-refractivity contribution in [3.63, 3.8) is 0 Å². The summed E-state index contributed by atoms with van der Waals surface area (Å²) >= 11 is 0. The second-order valence-corrected chi connectivity index (χ2v) is 3.50. The van der Waals surface area contributed by atoms with Gasteiger partial charge in [-0.25, -0.2) is 0 Å². The van der Waals surface area contributed by atoms with E-state index < -0.39 is 0 Å². The number of hydrogen-bond acceptors (Lipinski definition) is 1. The smallest absolute Gasteiger partial charge is 0.0521 e. The van der Waals surface area contributed by atoms with Gasteiger partial charge in [0, 0.05) is 11.7 Å². The first-order chi connectivity index (χ1) is 5.66. The highest BCUT2D eigenvalue weighted by atomic mass is 15.3. The first-order valence-corrected chi connectivity index (χ1v) is 4.67. The molecular formula is C10H18N2. The van der Waals surface area contributed by atoms with Crippen molar-refractivity contribution in [3.05, 3.63) is 17.5 Å². The molecule has 1 rings (SSSR count). The molecule has 1 unspecified atom stereocenters. The van der Waals surface area contributed by atoms with Crippen LogP contribution in [0.5, 0.6) is 0 Å². The number of hydrogen-bond donors (Lipinski definition) is 0. The SMILES string of the molecule is CCCC(C)n1ncc(C)c1C. The molecule has 1 atom stereocenters. The zero-order valence-electron chi connectivity index (χ0n) is 8.46. The summed E-state index contributed by atoms with van der Waals surface area (Å²) in [5.74, 6) is 0. The monoisotopic (exact) mass is 166 g/mol. The lowest BCUT2D eigenvalue weighted by Crippen LogP contribution is -2.08. The van der Waals surface area contributed by atoms with Crippen molar-refractivity contribution >= 4 is 0 Å². The molecule has 2 heteroatoms. The predicted octanol–water partition coefficient (Wildman–Crippen LogP) is 2.86. The van der Waals surface area contributed by atoms with E-state index in [1.807, 2.05) is 6.20 Å². The van der Waals surface area contributed by atoms with Crippen LogP contribution in [0.3, 0.4) is 0 Å². The molecule has 0 radical (unpaired) electrons. The fraction of sp³-hybridized carbons (Fsp3) is 0.700. The molecule has 0 bridgehead atoms. The number of aryl methyl sites for hydroxylation is 1. The van der Waals surface area contributed by atoms with Crippen molar-refractivity contribution in [2.45, 2.75) is 46.6 Å². The van der Waals surface area contributed by atoms with Gasteiger partial charge in [-0.15, -0.1) is 0 Å². The van der Waals surface area contributed by atoms with E-state index in [4.69, 9.17) is 0 Å². The van der Waals surface area contributed by atoms with Crippen LogP contribution in [0, 0.1) is 13.8 Å². The maximum atomic E-state index is 4.35. The van der Waals surface area contributed by atoms with Gasteiger partial charge in [0.15, 0.2) is 0 Å². The van der Waals surface area contributed by atoms with E-state index in [9.17, 15) is 0 Å². The normalized spacial score (nSPS) is 13.3. The van der Waals surface area contributed by atoms with Crippen LogP contribution >= 0.6 is 0 Å². The maximum absolute atomic E-state index is 4.35. The predicted molar refractivity (Wildman–Crippen MR) is 51.3 cm³/mol. The Hall–Kier alpha value is -0.790. The van der Waals surface area contributed by atoms with E-state index in [1.165, 1.54) is 24.1 Å². The van der Waals surface area contributed by atoms with Crippen LogP contribution in [-0.4, -0.2) is 9.78 Å². The molecule has 12 heavy (non-hydrogen) atoms. The lowest BCUT2D eigenvalue weighted by Gasteiger charge is -2.12. The molecule has 68 valence electrons. The molecule has 0 spiro atoms. The second-order valence-electron chi connectivity index (χ2n) is 3.50. The highest BCUT2D eigenvalue weighted by Crippen LogP contribution is 2.16. The minimum atomic E-state index is 0.545. The van der Waals surface area contributed by atoms with Crippen LogP contribution in [0.4, 0.5) is 0 Å². The van der Waals surface area contributed by atoms with Crippen molar-refractivity contribution in [1.82, 2.24) is 9.78 Å². The zero-order chi connectivity index (χ0) is 9.14. The molecule has 0 aliphatic rings. The van der Waals surface area contributed by atoms with Crippen molar-refractivity contribution in [3.8, 4) is 0 Å². The van der Waals surface area contributed by atoms with Crippen LogP contribution in [-0.2, 0) is 0 Å². The molecular weight excluding hydrogens is 148 g/mol. The fourth-order valence-corrected chi connectivity index (χ4v) is 1.49. The van der Waals surface area contributed by atoms with Gasteiger partial charge in [-0.2, -0.15) is 5.10 Å². The van der Waals surface area contributed by atoms with Gasteiger partial charge in [-0.05, 0) is 32.8 Å². The summed E-state index contributed by atoms with van der Waals surface area (Å²) in [6, 6.07) is 0.545. The van der Waals surface area contributed by atoms with Crippen LogP contribution in [0.15, 0.2) is 6.20 Å². The summed E-state index contributed by atoms with van der Waals surface area (Å²) in [4.78, 5) is 0. The number of rotatable bonds is 3. The maximum Gasteiger partial charge on any atom is 0.0521 e. The van der Waals surface area contributed by atoms with E-state index in [1.54, 1.807) is 0 Å². The summed E-state index contributed by atoms with van der Waals surface area (Å²) < 4.78 is 2.12. The Morgan fingerprint density at radius 1 is 1.50 bits per heavy atom. The Morgan fingerprint density at radius 2 is 2.17 bits per heavy atom. The third-order valence-corrected chi connectivity index (χ3v) is 2.41. The Morgan fingerprint density at radius 3 is 2.58 bits per heavy atom. The lowest BCUT2D eigenvalue weighted by atomic mass is 10.2. The van der Waals surface area contributed by atoms with E-state index in [0.29, 0.717) is 6.04 Å². The van der Waals surface area contributed by atoms with Crippen molar-refractivity contribution in [2.75, 3.05) is 0 Å². The fourth-order valence-electron chi connectivity index (χ4n) is 1.49. The third kappa shape index (κ3) is 1.68. The standard InChI is InChI=1S/C10H18N2/c1-5-6-9(3)12-10(4)8(2)7-11-12/h7,9H,5-6H2,1-4H3. The number of aromatic nitrogens is 2. The zero-order valence-corrected chi connectivity index (χ0v) is 8.46. The Labute approximate surface area is 74.6 Å². The van der Waals surface area contributed by atoms with Gasteiger partial charge in [0.2, 0.25) is 0 Å². The summed E-state index contributed by atoms with van der Waals surface area (Å²) in [6.07, 6.45) is 4.38. The van der Waals surface area contributed by atoms with Gasteiger partial charge in [-0.1, -0.05) is 13.3 Å². The summed E-state index contributed by atoms with van der Waals surface area (Å²) in [5.41, 5.74) is 2.59. The molecule has 0 amide bonds. The van der Waals surface area contributed by atoms with Gasteiger partial charge in [0.25, 0.3) is 0 Å². The molecule has 0 saturated heterocycles. The molecule has 0 N–H and O–H groups in total. The first kappa shape index (κ1) is 9.30. The van der Waals surface area contributed by atoms with Gasteiger partial charge >= 0.3 is 0 Å². The van der Waals surface area contributed by atoms with E-state index in [2.05, 4.69) is 37.5 Å². The molecule has 2 nitrogen and oxygen atoms in total. The minimum Gasteiger partial charge on any atom is -0.267 e. The summed E-state index contributed by atoms with van der Waals surface area (Å²) in [5, 5.41) is 4.35. The van der Waals surface area contributed by atoms with Gasteiger partial charge in [-0.3, -0.25) is 4.68 Å². The topological polar surface area (TPSA) is 17.8 Å². The van der Waals surface area contributed by atoms with E-state index in [0.717, 1.165) is 0 Å². The Bertz CT molecular complexity index is 250. The molecule has 0 aliphatic carbocycles. The Kier molecular flexibility index (Phi) is 2.90. The van der Waals surface area contributed by atoms with Crippen molar-refractivity contribution in [1.29, 1.82) is 0 Å². The Balaban J connectivity index is 2.80. The highest BCUT2D eigenvalue weighted by Gasteiger charge is 2.07. The lowest BCUT2D eigenvalue weighted by molar-refractivity contribution is 0.445. The first-order valence-electron chi connectivity index (χ1n) is 4.67. The average molecular weight is 166 g/mol. The van der Waals surface area contributed by atoms with Crippen LogP contribution in [0.2, 0.25) is 0 Å². The van der Waals surface area contributed by atoms with Crippen LogP contribution < -0.4 is 0 Å². The minimum absolute atomic E-state index is 0.545. The van der Waals surface area contributed by atoms with Gasteiger partial charge in [0.1, 0.15) is 0 Å². The van der Waals surface area contributed by atoms with Gasteiger partial charge < -0.3 is 0 Å². The highest BCUT2D eigenvalue weighted by molar-refractivity contribution is 5.13. The summed E-state index contributed by atoms with van der Waals surface area (Å²) in [6.45, 7) is 8.68. The molecule has 1 aromatic heterocycles. The summed E-state index contributed by atoms with van der Waals surface area (Å²) in [7, 11) is 0. The van der Waals surface area contributed by atoms with Crippen LogP contribution in [0.1, 0.15) is 44.0 Å². The molecule has 0 fully saturated rings. The van der Waals surface area contributed by atoms with Crippen molar-refractivity contribution in [2.24, 2.45) is 0 Å². The van der Waals surface area contributed by atoms with Gasteiger partial charge in [0.05, 0.1) is 6.20 Å². The van der Waals surface area contributed by atoms with E-state index >= 15 is 0 Å². The van der Waals surface area contributed by atoms with Crippen LogP contribution in [0.25, 0.3) is 0 Å². The molecule has 0 aliphatic heterocycles. The molecule has 0 aromatic carbocycles. The molecule has 1 heterocycles. The second kappa shape index (κ2) is 3.74. The largest absolute Gasteiger partial charge is 0.267 e. The average Bonchev–Trinajstić information content (AvgIpc) is 2.34. The third-order valence-electron chi connectivity index (χ3n) is 2.41.